The van der Waals surface area contributed by atoms with Gasteiger partial charge in [0, 0.05) is 11.1 Å². The van der Waals surface area contributed by atoms with Crippen molar-refractivity contribution in [2.45, 2.75) is 0 Å². The van der Waals surface area contributed by atoms with Gasteiger partial charge in [0.25, 0.3) is 5.78 Å². The molecule has 146 valence electrons. The highest BCUT2D eigenvalue weighted by molar-refractivity contribution is 7.23. The van der Waals surface area contributed by atoms with Crippen LogP contribution in [0.4, 0.5) is 0 Å². The Morgan fingerprint density at radius 3 is 2.30 bits per heavy atom. The summed E-state index contributed by atoms with van der Waals surface area (Å²) < 4.78 is 8.03. The Morgan fingerprint density at radius 1 is 0.900 bits per heavy atom. The third-order valence-corrected chi connectivity index (χ3v) is 5.96. The molecule has 0 fully saturated rings. The molecule has 0 N–H and O–H groups in total. The van der Waals surface area contributed by atoms with Crippen LogP contribution in [0, 0.1) is 0 Å². The molecule has 0 aliphatic rings. The van der Waals surface area contributed by atoms with Crippen molar-refractivity contribution in [3.05, 3.63) is 90.1 Å². The molecular weight excluding hydrogens is 396 g/mol. The lowest BCUT2D eigenvalue weighted by Gasteiger charge is -2.05. The fourth-order valence-corrected chi connectivity index (χ4v) is 4.57. The number of carbonyl (C=O) groups is 2. The Kier molecular flexibility index (Phi) is 4.41. The van der Waals surface area contributed by atoms with E-state index in [0.29, 0.717) is 16.2 Å². The van der Waals surface area contributed by atoms with Crippen molar-refractivity contribution < 1.29 is 14.3 Å². The number of rotatable bonds is 5. The van der Waals surface area contributed by atoms with Crippen molar-refractivity contribution >= 4 is 38.1 Å². The van der Waals surface area contributed by atoms with Gasteiger partial charge >= 0.3 is 0 Å². The Hall–Kier alpha value is -3.77. The molecule has 0 saturated heterocycles. The summed E-state index contributed by atoms with van der Waals surface area (Å²) in [7, 11) is 1.61. The number of ether oxygens (including phenoxy) is 1. The monoisotopic (exact) mass is 412 g/mol. The molecular formula is C24H16N2O3S. The zero-order valence-corrected chi connectivity index (χ0v) is 16.8. The first-order valence-corrected chi connectivity index (χ1v) is 10.2. The topological polar surface area (TPSA) is 60.7 Å². The van der Waals surface area contributed by atoms with E-state index in [1.807, 2.05) is 54.6 Å². The molecule has 0 aliphatic carbocycles. The first-order valence-electron chi connectivity index (χ1n) is 9.36. The van der Waals surface area contributed by atoms with E-state index in [1.165, 1.54) is 11.3 Å². The molecule has 0 unspecified atom stereocenters. The van der Waals surface area contributed by atoms with Crippen molar-refractivity contribution in [1.29, 1.82) is 0 Å². The molecule has 0 bridgehead atoms. The summed E-state index contributed by atoms with van der Waals surface area (Å²) in [5.41, 5.74) is 2.75. The van der Waals surface area contributed by atoms with Crippen molar-refractivity contribution in [2.75, 3.05) is 7.11 Å². The summed E-state index contributed by atoms with van der Waals surface area (Å²) in [6.07, 6.45) is 0. The van der Waals surface area contributed by atoms with Gasteiger partial charge in [-0.2, -0.15) is 0 Å². The molecule has 30 heavy (non-hydrogen) atoms. The van der Waals surface area contributed by atoms with E-state index in [1.54, 1.807) is 35.8 Å². The number of ketones is 2. The van der Waals surface area contributed by atoms with E-state index >= 15 is 0 Å². The minimum absolute atomic E-state index is 0.279. The summed E-state index contributed by atoms with van der Waals surface area (Å²) >= 11 is 1.45. The molecule has 0 atom stereocenters. The number of imidazole rings is 1. The van der Waals surface area contributed by atoms with Crippen LogP contribution >= 0.6 is 11.3 Å². The predicted octanol–water partition coefficient (Wildman–Crippen LogP) is 5.29. The van der Waals surface area contributed by atoms with Crippen molar-refractivity contribution in [2.24, 2.45) is 0 Å². The van der Waals surface area contributed by atoms with Gasteiger partial charge in [0.1, 0.15) is 17.1 Å². The Morgan fingerprint density at radius 2 is 1.60 bits per heavy atom. The molecule has 0 saturated carbocycles. The van der Waals surface area contributed by atoms with Crippen molar-refractivity contribution in [3.8, 4) is 17.0 Å². The Balaban J connectivity index is 1.78. The maximum atomic E-state index is 13.4. The zero-order chi connectivity index (χ0) is 20.7. The van der Waals surface area contributed by atoms with Gasteiger partial charge in [0.15, 0.2) is 4.96 Å². The van der Waals surface area contributed by atoms with Gasteiger partial charge in [-0.25, -0.2) is 4.98 Å². The van der Waals surface area contributed by atoms with Gasteiger partial charge in [0.05, 0.1) is 17.3 Å². The second-order valence-electron chi connectivity index (χ2n) is 6.75. The molecule has 0 radical (unpaired) electrons. The molecule has 6 heteroatoms. The molecule has 5 rings (SSSR count). The molecule has 0 aliphatic heterocycles. The normalized spacial score (nSPS) is 11.1. The van der Waals surface area contributed by atoms with Crippen molar-refractivity contribution in [3.63, 3.8) is 0 Å². The van der Waals surface area contributed by atoms with Crippen LogP contribution in [0.3, 0.4) is 0 Å². The molecule has 0 spiro atoms. The van der Waals surface area contributed by atoms with Crippen LogP contribution in [0.5, 0.6) is 5.75 Å². The van der Waals surface area contributed by atoms with E-state index < -0.39 is 11.6 Å². The fourth-order valence-electron chi connectivity index (χ4n) is 3.51. The predicted molar refractivity (Wildman–Crippen MR) is 118 cm³/mol. The molecule has 2 aromatic heterocycles. The number of thiazole rings is 1. The maximum Gasteiger partial charge on any atom is 0.252 e. The van der Waals surface area contributed by atoms with Crippen LogP contribution in [-0.4, -0.2) is 28.1 Å². The number of methoxy groups -OCH3 is 1. The average molecular weight is 412 g/mol. The third kappa shape index (κ3) is 2.89. The van der Waals surface area contributed by atoms with Gasteiger partial charge in [-0.15, -0.1) is 0 Å². The largest absolute Gasteiger partial charge is 0.497 e. The van der Waals surface area contributed by atoms with Gasteiger partial charge < -0.3 is 4.74 Å². The van der Waals surface area contributed by atoms with Crippen LogP contribution in [0.25, 0.3) is 26.4 Å². The van der Waals surface area contributed by atoms with E-state index in [2.05, 4.69) is 0 Å². The van der Waals surface area contributed by atoms with Gasteiger partial charge in [-0.05, 0) is 18.2 Å². The standard InChI is InChI=1S/C24H16N2O3S/c1-29-17-12-13-18-19(14-17)30-24-25-20(15-8-4-2-5-9-15)21(26(18)24)23(28)22(27)16-10-6-3-7-11-16/h2-14H,1H3. The number of benzene rings is 3. The van der Waals surface area contributed by atoms with Crippen molar-refractivity contribution in [1.82, 2.24) is 9.38 Å². The number of fused-ring (bicyclic) bond motifs is 3. The fraction of sp³-hybridized carbons (Fsp3) is 0.0417. The quantitative estimate of drug-likeness (QED) is 0.291. The summed E-state index contributed by atoms with van der Waals surface area (Å²) in [4.78, 5) is 31.9. The summed E-state index contributed by atoms with van der Waals surface area (Å²) in [5, 5.41) is 0. The van der Waals surface area contributed by atoms with Crippen LogP contribution < -0.4 is 4.74 Å². The minimum Gasteiger partial charge on any atom is -0.497 e. The first-order chi connectivity index (χ1) is 14.7. The van der Waals surface area contributed by atoms with Crippen LogP contribution in [0.15, 0.2) is 78.9 Å². The lowest BCUT2D eigenvalue weighted by molar-refractivity contribution is 0.0814. The zero-order valence-electron chi connectivity index (χ0n) is 16.0. The third-order valence-electron chi connectivity index (χ3n) is 4.96. The number of Topliss-reactive ketones (excluding diaryl/α,β-unsaturated/α-hetero) is 2. The Labute approximate surface area is 176 Å². The van der Waals surface area contributed by atoms with Crippen LogP contribution in [0.2, 0.25) is 0 Å². The second kappa shape index (κ2) is 7.24. The summed E-state index contributed by atoms with van der Waals surface area (Å²) in [5.74, 6) is -0.408. The number of aromatic nitrogens is 2. The van der Waals surface area contributed by atoms with Gasteiger partial charge in [-0.1, -0.05) is 72.0 Å². The molecule has 5 aromatic rings. The first kappa shape index (κ1) is 18.3. The minimum atomic E-state index is -0.580. The van der Waals surface area contributed by atoms with Crippen LogP contribution in [-0.2, 0) is 0 Å². The summed E-state index contributed by atoms with van der Waals surface area (Å²) in [6, 6.07) is 23.7. The lowest BCUT2D eigenvalue weighted by atomic mass is 10.0. The molecule has 2 heterocycles. The van der Waals surface area contributed by atoms with Gasteiger partial charge in [0.2, 0.25) is 5.78 Å². The van der Waals surface area contributed by atoms with Crippen LogP contribution in [0.1, 0.15) is 20.8 Å². The second-order valence-corrected chi connectivity index (χ2v) is 7.76. The maximum absolute atomic E-state index is 13.4. The highest BCUT2D eigenvalue weighted by atomic mass is 32.1. The lowest BCUT2D eigenvalue weighted by Crippen LogP contribution is -2.17. The average Bonchev–Trinajstić information content (AvgIpc) is 3.34. The molecule has 0 amide bonds. The van der Waals surface area contributed by atoms with E-state index in [-0.39, 0.29) is 5.69 Å². The highest BCUT2D eigenvalue weighted by Crippen LogP contribution is 2.35. The highest BCUT2D eigenvalue weighted by Gasteiger charge is 2.28. The van der Waals surface area contributed by atoms with Gasteiger partial charge in [-0.3, -0.25) is 14.0 Å². The Bertz CT molecular complexity index is 1400. The number of hydrogen-bond donors (Lipinski definition) is 0. The van der Waals surface area contributed by atoms with E-state index in [9.17, 15) is 9.59 Å². The summed E-state index contributed by atoms with van der Waals surface area (Å²) in [6.45, 7) is 0. The van der Waals surface area contributed by atoms with E-state index in [0.717, 1.165) is 21.5 Å². The smallest absolute Gasteiger partial charge is 0.252 e. The number of nitrogens with zero attached hydrogens (tertiary/aromatic N) is 2. The molecule has 3 aromatic carbocycles. The molecule has 5 nitrogen and oxygen atoms in total. The van der Waals surface area contributed by atoms with E-state index in [4.69, 9.17) is 9.72 Å². The number of carbonyl (C=O) groups excluding carboxylic acids is 2. The number of hydrogen-bond acceptors (Lipinski definition) is 5. The SMILES string of the molecule is COc1ccc2c(c1)sc1nc(-c3ccccc3)c(C(=O)C(=O)c3ccccc3)n12.